The first-order valence-corrected chi connectivity index (χ1v) is 9.50. The van der Waals surface area contributed by atoms with E-state index in [1.165, 1.54) is 19.2 Å². The summed E-state index contributed by atoms with van der Waals surface area (Å²) >= 11 is 1.57. The van der Waals surface area contributed by atoms with Crippen LogP contribution in [0, 0.1) is 0 Å². The Labute approximate surface area is 134 Å². The fourth-order valence-corrected chi connectivity index (χ4v) is 3.63. The summed E-state index contributed by atoms with van der Waals surface area (Å²) in [6, 6.07) is 4.69. The van der Waals surface area contributed by atoms with E-state index >= 15 is 0 Å². The minimum Gasteiger partial charge on any atom is -0.373 e. The predicted octanol–water partition coefficient (Wildman–Crippen LogP) is 2.43. The van der Waals surface area contributed by atoms with E-state index in [0.29, 0.717) is 17.8 Å². The Morgan fingerprint density at radius 3 is 2.64 bits per heavy atom. The van der Waals surface area contributed by atoms with Crippen LogP contribution in [0.3, 0.4) is 0 Å². The molecule has 2 aromatic rings. The minimum atomic E-state index is -3.36. The highest BCUT2D eigenvalue weighted by Crippen LogP contribution is 2.26. The summed E-state index contributed by atoms with van der Waals surface area (Å²) in [5.41, 5.74) is 1.05. The molecule has 0 atom stereocenters. The van der Waals surface area contributed by atoms with Crippen molar-refractivity contribution in [2.24, 2.45) is 0 Å². The smallest absolute Gasteiger partial charge is 0.177 e. The number of anilines is 1. The summed E-state index contributed by atoms with van der Waals surface area (Å²) < 4.78 is 23.9. The van der Waals surface area contributed by atoms with Crippen molar-refractivity contribution >= 4 is 32.6 Å². The quantitative estimate of drug-likeness (QED) is 0.757. The molecule has 0 aliphatic carbocycles. The number of carbonyl (C=O) groups excluding carboxylic acids is 1. The van der Waals surface area contributed by atoms with Gasteiger partial charge in [0.1, 0.15) is 0 Å². The highest BCUT2D eigenvalue weighted by atomic mass is 32.2. The number of nitrogens with zero attached hydrogens (tertiary/aromatic N) is 2. The van der Waals surface area contributed by atoms with E-state index in [9.17, 15) is 13.2 Å². The fraction of sp³-hybridized carbons (Fsp3) is 0.333. The second-order valence-corrected chi connectivity index (χ2v) is 8.07. The van der Waals surface area contributed by atoms with Crippen molar-refractivity contribution in [3.05, 3.63) is 40.3 Å². The molecule has 0 aliphatic heterocycles. The zero-order valence-electron chi connectivity index (χ0n) is 12.7. The van der Waals surface area contributed by atoms with E-state index < -0.39 is 9.84 Å². The summed E-state index contributed by atoms with van der Waals surface area (Å²) in [5, 5.41) is 2.91. The molecule has 118 valence electrons. The van der Waals surface area contributed by atoms with Crippen molar-refractivity contribution in [1.29, 1.82) is 0 Å². The van der Waals surface area contributed by atoms with Crippen LogP contribution in [0.4, 0.5) is 5.69 Å². The third kappa shape index (κ3) is 3.92. The number of hydrogen-bond acceptors (Lipinski definition) is 6. The fourth-order valence-electron chi connectivity index (χ4n) is 2.11. The van der Waals surface area contributed by atoms with Gasteiger partial charge >= 0.3 is 0 Å². The van der Waals surface area contributed by atoms with Crippen molar-refractivity contribution < 1.29 is 13.2 Å². The van der Waals surface area contributed by atoms with Crippen LogP contribution in [0.25, 0.3) is 0 Å². The van der Waals surface area contributed by atoms with Gasteiger partial charge in [-0.1, -0.05) is 0 Å². The number of Topliss-reactive ketones (excluding diaryl/α,β-unsaturated/α-hetero) is 1. The molecule has 0 N–H and O–H groups in total. The first-order chi connectivity index (χ1) is 10.3. The highest BCUT2D eigenvalue weighted by molar-refractivity contribution is 7.90. The van der Waals surface area contributed by atoms with E-state index in [1.807, 2.05) is 17.3 Å². The Balaban J connectivity index is 2.33. The molecule has 0 radical (unpaired) electrons. The van der Waals surface area contributed by atoms with Crippen LogP contribution in [-0.2, 0) is 16.3 Å². The summed E-state index contributed by atoms with van der Waals surface area (Å²) in [7, 11) is -1.54. The molecule has 5 nitrogen and oxygen atoms in total. The Kier molecular flexibility index (Phi) is 4.97. The van der Waals surface area contributed by atoms with Crippen molar-refractivity contribution in [3.63, 3.8) is 0 Å². The van der Waals surface area contributed by atoms with E-state index in [1.54, 1.807) is 29.7 Å². The molecule has 1 aromatic heterocycles. The average Bonchev–Trinajstić information content (AvgIpc) is 2.96. The molecule has 0 amide bonds. The number of rotatable bonds is 6. The Morgan fingerprint density at radius 2 is 2.09 bits per heavy atom. The summed E-state index contributed by atoms with van der Waals surface area (Å²) in [6.45, 7) is 2.09. The van der Waals surface area contributed by atoms with E-state index in [0.717, 1.165) is 11.4 Å². The molecule has 0 saturated carbocycles. The van der Waals surface area contributed by atoms with Gasteiger partial charge in [-0.3, -0.25) is 4.79 Å². The van der Waals surface area contributed by atoms with Crippen LogP contribution < -0.4 is 4.90 Å². The van der Waals surface area contributed by atoms with Crippen LogP contribution in [0.5, 0.6) is 0 Å². The molecule has 0 fully saturated rings. The van der Waals surface area contributed by atoms with Crippen LogP contribution in [0.1, 0.15) is 22.3 Å². The largest absolute Gasteiger partial charge is 0.373 e. The zero-order valence-corrected chi connectivity index (χ0v) is 14.4. The third-order valence-electron chi connectivity index (χ3n) is 3.32. The van der Waals surface area contributed by atoms with Gasteiger partial charge in [0.25, 0.3) is 0 Å². The number of hydrogen-bond donors (Lipinski definition) is 0. The lowest BCUT2D eigenvalue weighted by Crippen LogP contribution is -2.22. The van der Waals surface area contributed by atoms with Gasteiger partial charge in [0.15, 0.2) is 15.6 Å². The van der Waals surface area contributed by atoms with Crippen LogP contribution >= 0.6 is 11.3 Å². The Hall–Kier alpha value is -1.73. The van der Waals surface area contributed by atoms with Gasteiger partial charge < -0.3 is 4.90 Å². The average molecular weight is 338 g/mol. The van der Waals surface area contributed by atoms with Crippen LogP contribution in [-0.4, -0.2) is 39.0 Å². The molecule has 1 heterocycles. The molecule has 22 heavy (non-hydrogen) atoms. The highest BCUT2D eigenvalue weighted by Gasteiger charge is 2.18. The maximum absolute atomic E-state index is 12.0. The van der Waals surface area contributed by atoms with Crippen molar-refractivity contribution in [2.45, 2.75) is 18.2 Å². The lowest BCUT2D eigenvalue weighted by atomic mass is 10.1. The summed E-state index contributed by atoms with van der Waals surface area (Å²) in [5.74, 6) is -0.0883. The first kappa shape index (κ1) is 16.6. The Morgan fingerprint density at radius 1 is 1.36 bits per heavy atom. The van der Waals surface area contributed by atoms with E-state index in [-0.39, 0.29) is 10.7 Å². The van der Waals surface area contributed by atoms with Gasteiger partial charge in [-0.25, -0.2) is 13.4 Å². The molecule has 7 heteroatoms. The van der Waals surface area contributed by atoms with Gasteiger partial charge in [-0.2, -0.15) is 0 Å². The summed E-state index contributed by atoms with van der Waals surface area (Å²) in [4.78, 5) is 17.9. The van der Waals surface area contributed by atoms with Gasteiger partial charge in [0.05, 0.1) is 15.6 Å². The lowest BCUT2D eigenvalue weighted by Gasteiger charge is -2.22. The van der Waals surface area contributed by atoms with Gasteiger partial charge in [-0.05, 0) is 25.1 Å². The number of benzene rings is 1. The van der Waals surface area contributed by atoms with E-state index in [4.69, 9.17) is 0 Å². The van der Waals surface area contributed by atoms with Gasteiger partial charge in [0.2, 0.25) is 0 Å². The molecular formula is C15H18N2O3S2. The Bertz CT molecular complexity index is 768. The zero-order chi connectivity index (χ0) is 16.3. The molecule has 0 spiro atoms. The predicted molar refractivity (Wildman–Crippen MR) is 88.6 cm³/mol. The molecule has 0 unspecified atom stereocenters. The standard InChI is InChI=1S/C15H18N2O3S2/c1-11(18)12-4-5-14(22(3,19)20)13(10-12)17(2)8-6-15-16-7-9-21-15/h4-5,7,9-10H,6,8H2,1-3H3. The SMILES string of the molecule is CC(=O)c1ccc(S(C)(=O)=O)c(N(C)CCc2nccs2)c1. The molecular weight excluding hydrogens is 320 g/mol. The lowest BCUT2D eigenvalue weighted by molar-refractivity contribution is 0.101. The minimum absolute atomic E-state index is 0.0883. The molecule has 0 aliphatic rings. The number of likely N-dealkylation sites (N-methyl/N-ethyl adjacent to an activating group) is 1. The molecule has 2 rings (SSSR count). The molecule has 1 aromatic carbocycles. The maximum Gasteiger partial charge on any atom is 0.177 e. The maximum atomic E-state index is 12.0. The number of aromatic nitrogens is 1. The number of sulfone groups is 1. The van der Waals surface area contributed by atoms with Gasteiger partial charge in [-0.15, -0.1) is 11.3 Å². The van der Waals surface area contributed by atoms with Crippen molar-refractivity contribution in [2.75, 3.05) is 24.7 Å². The molecule has 0 bridgehead atoms. The monoisotopic (exact) mass is 338 g/mol. The third-order valence-corrected chi connectivity index (χ3v) is 5.30. The molecule has 0 saturated heterocycles. The number of carbonyl (C=O) groups is 1. The van der Waals surface area contributed by atoms with E-state index in [2.05, 4.69) is 4.98 Å². The summed E-state index contributed by atoms with van der Waals surface area (Å²) in [6.07, 6.45) is 3.65. The van der Waals surface area contributed by atoms with Crippen LogP contribution in [0.2, 0.25) is 0 Å². The van der Waals surface area contributed by atoms with Crippen molar-refractivity contribution in [3.8, 4) is 0 Å². The topological polar surface area (TPSA) is 67.3 Å². The second-order valence-electron chi connectivity index (χ2n) is 5.11. The van der Waals surface area contributed by atoms with Gasteiger partial charge in [0, 0.05) is 43.4 Å². The number of ketones is 1. The normalized spacial score (nSPS) is 11.4. The van der Waals surface area contributed by atoms with Crippen molar-refractivity contribution in [1.82, 2.24) is 4.98 Å². The van der Waals surface area contributed by atoms with Crippen LogP contribution in [0.15, 0.2) is 34.7 Å². The second kappa shape index (κ2) is 6.58. The first-order valence-electron chi connectivity index (χ1n) is 6.73. The number of thiazole rings is 1.